The summed E-state index contributed by atoms with van der Waals surface area (Å²) in [6, 6.07) is 10.1. The molecule has 4 aromatic rings. The van der Waals surface area contributed by atoms with Crippen molar-refractivity contribution in [3.63, 3.8) is 0 Å². The summed E-state index contributed by atoms with van der Waals surface area (Å²) in [5, 5.41) is 11.7. The quantitative estimate of drug-likeness (QED) is 0.303. The molecule has 1 amide bonds. The zero-order valence-electron chi connectivity index (χ0n) is 16.6. The maximum atomic E-state index is 12.5. The fraction of sp³-hybridized carbons (Fsp3) is 0.182. The lowest BCUT2D eigenvalue weighted by molar-refractivity contribution is 0.0374. The van der Waals surface area contributed by atoms with Gasteiger partial charge in [0.25, 0.3) is 5.91 Å². The first-order valence-corrected chi connectivity index (χ1v) is 9.25. The molecule has 8 nitrogen and oxygen atoms in total. The molecule has 1 heterocycles. The molecular formula is C22H19N3O5. The van der Waals surface area contributed by atoms with Gasteiger partial charge in [-0.15, -0.1) is 0 Å². The van der Waals surface area contributed by atoms with Crippen molar-refractivity contribution in [2.24, 2.45) is 5.73 Å². The topological polar surface area (TPSA) is 125 Å². The number of aromatic hydroxyl groups is 1. The summed E-state index contributed by atoms with van der Waals surface area (Å²) < 4.78 is 10.6. The van der Waals surface area contributed by atoms with Crippen LogP contribution in [0.3, 0.4) is 0 Å². The van der Waals surface area contributed by atoms with Crippen LogP contribution in [0, 0.1) is 0 Å². The third-order valence-electron chi connectivity index (χ3n) is 4.71. The molecule has 0 fully saturated rings. The van der Waals surface area contributed by atoms with E-state index in [-0.39, 0.29) is 28.5 Å². The van der Waals surface area contributed by atoms with Gasteiger partial charge in [-0.2, -0.15) is 0 Å². The molecule has 0 atom stereocenters. The van der Waals surface area contributed by atoms with Crippen molar-refractivity contribution in [2.75, 3.05) is 7.11 Å². The smallest absolute Gasteiger partial charge is 0.342 e. The summed E-state index contributed by atoms with van der Waals surface area (Å²) in [5.74, 6) is -1.36. The van der Waals surface area contributed by atoms with E-state index in [4.69, 9.17) is 15.2 Å². The van der Waals surface area contributed by atoms with Gasteiger partial charge in [0.15, 0.2) is 0 Å². The van der Waals surface area contributed by atoms with E-state index in [0.717, 1.165) is 0 Å². The zero-order valence-corrected chi connectivity index (χ0v) is 16.6. The zero-order chi connectivity index (χ0) is 21.6. The van der Waals surface area contributed by atoms with Gasteiger partial charge in [0, 0.05) is 16.8 Å². The number of fused-ring (bicyclic) bond motifs is 4. The molecule has 8 heteroatoms. The lowest BCUT2D eigenvalue weighted by Crippen LogP contribution is -2.14. The number of nitrogens with two attached hydrogens (primary N) is 1. The van der Waals surface area contributed by atoms with Gasteiger partial charge in [0.2, 0.25) is 0 Å². The van der Waals surface area contributed by atoms with E-state index in [1.807, 2.05) is 0 Å². The number of carbonyl (C=O) groups excluding carboxylic acids is 2. The fourth-order valence-electron chi connectivity index (χ4n) is 3.43. The average molecular weight is 405 g/mol. The van der Waals surface area contributed by atoms with Crippen LogP contribution in [-0.4, -0.2) is 40.2 Å². The minimum atomic E-state index is -0.829. The van der Waals surface area contributed by atoms with Gasteiger partial charge in [-0.1, -0.05) is 24.3 Å². The van der Waals surface area contributed by atoms with Gasteiger partial charge in [-0.25, -0.2) is 14.8 Å². The Hall–Kier alpha value is -3.94. The molecular weight excluding hydrogens is 386 g/mol. The number of aromatic nitrogens is 2. The molecule has 0 aliphatic heterocycles. The molecule has 0 bridgehead atoms. The third kappa shape index (κ3) is 3.02. The molecule has 1 aromatic heterocycles. The second-order valence-electron chi connectivity index (χ2n) is 7.05. The Morgan fingerprint density at radius 2 is 1.67 bits per heavy atom. The van der Waals surface area contributed by atoms with Crippen molar-refractivity contribution in [3.05, 3.63) is 47.5 Å². The van der Waals surface area contributed by atoms with Crippen LogP contribution >= 0.6 is 0 Å². The Balaban J connectivity index is 2.11. The minimum Gasteiger partial charge on any atom is -0.506 e. The van der Waals surface area contributed by atoms with Crippen molar-refractivity contribution in [2.45, 2.75) is 20.0 Å². The largest absolute Gasteiger partial charge is 0.506 e. The number of phenols is 1. The third-order valence-corrected chi connectivity index (χ3v) is 4.71. The van der Waals surface area contributed by atoms with Crippen LogP contribution in [0.2, 0.25) is 0 Å². The van der Waals surface area contributed by atoms with E-state index in [9.17, 15) is 14.7 Å². The molecule has 0 spiro atoms. The molecule has 152 valence electrons. The Morgan fingerprint density at radius 1 is 1.03 bits per heavy atom. The van der Waals surface area contributed by atoms with Crippen LogP contribution in [-0.2, 0) is 4.74 Å². The Bertz CT molecular complexity index is 1350. The van der Waals surface area contributed by atoms with Crippen LogP contribution in [0.5, 0.6) is 11.5 Å². The molecule has 30 heavy (non-hydrogen) atoms. The number of ether oxygens (including phenoxy) is 2. The number of esters is 1. The van der Waals surface area contributed by atoms with E-state index in [2.05, 4.69) is 9.97 Å². The molecule has 3 aromatic carbocycles. The van der Waals surface area contributed by atoms with Crippen molar-refractivity contribution in [3.8, 4) is 11.5 Å². The number of methoxy groups -OCH3 is 1. The first-order valence-electron chi connectivity index (χ1n) is 9.25. The number of carbonyl (C=O) groups is 2. The molecule has 3 N–H and O–H groups in total. The number of hydrogen-bond acceptors (Lipinski definition) is 7. The molecule has 0 radical (unpaired) electrons. The molecule has 0 saturated heterocycles. The van der Waals surface area contributed by atoms with Gasteiger partial charge >= 0.3 is 5.97 Å². The number of nitrogens with zero attached hydrogens (tertiary/aromatic N) is 2. The Kier molecular flexibility index (Phi) is 4.62. The maximum Gasteiger partial charge on any atom is 0.342 e. The summed E-state index contributed by atoms with van der Waals surface area (Å²) in [4.78, 5) is 33.8. The minimum absolute atomic E-state index is 0.125. The summed E-state index contributed by atoms with van der Waals surface area (Å²) in [6.45, 7) is 3.48. The van der Waals surface area contributed by atoms with Gasteiger partial charge in [-0.05, 0) is 19.9 Å². The highest BCUT2D eigenvalue weighted by Gasteiger charge is 2.22. The number of benzene rings is 3. The van der Waals surface area contributed by atoms with E-state index < -0.39 is 11.9 Å². The first kappa shape index (κ1) is 19.4. The summed E-state index contributed by atoms with van der Waals surface area (Å²) in [6.07, 6.45) is -0.314. The second kappa shape index (κ2) is 7.14. The monoisotopic (exact) mass is 405 g/mol. The highest BCUT2D eigenvalue weighted by atomic mass is 16.5. The predicted molar refractivity (Wildman–Crippen MR) is 112 cm³/mol. The van der Waals surface area contributed by atoms with E-state index in [0.29, 0.717) is 33.1 Å². The van der Waals surface area contributed by atoms with Crippen molar-refractivity contribution < 1.29 is 24.2 Å². The standard InChI is InChI=1S/C22H19N3O5/c1-10(2)30-22(28)13-8-14-15(9-16(13)29-3)24-18-11-6-4-5-7-12(11)20(26)17(21(23)27)19(18)25-14/h4-10,26H,1-3H3,(H2,23,27). The summed E-state index contributed by atoms with van der Waals surface area (Å²) >= 11 is 0. The molecule has 0 saturated carbocycles. The Labute approximate surface area is 171 Å². The lowest BCUT2D eigenvalue weighted by atomic mass is 10.0. The number of amides is 1. The van der Waals surface area contributed by atoms with Crippen molar-refractivity contribution in [1.82, 2.24) is 9.97 Å². The fourth-order valence-corrected chi connectivity index (χ4v) is 3.43. The van der Waals surface area contributed by atoms with Gasteiger partial charge in [0.05, 0.1) is 29.8 Å². The number of rotatable bonds is 4. The Morgan fingerprint density at radius 3 is 2.30 bits per heavy atom. The van der Waals surface area contributed by atoms with Crippen LogP contribution in [0.25, 0.3) is 32.8 Å². The highest BCUT2D eigenvalue weighted by molar-refractivity contribution is 6.19. The lowest BCUT2D eigenvalue weighted by Gasteiger charge is -2.14. The van der Waals surface area contributed by atoms with Gasteiger partial charge < -0.3 is 20.3 Å². The second-order valence-corrected chi connectivity index (χ2v) is 7.05. The van der Waals surface area contributed by atoms with Gasteiger partial charge in [0.1, 0.15) is 28.1 Å². The summed E-state index contributed by atoms with van der Waals surface area (Å²) in [7, 11) is 1.44. The average Bonchev–Trinajstić information content (AvgIpc) is 2.71. The maximum absolute atomic E-state index is 12.5. The first-order chi connectivity index (χ1) is 14.3. The molecule has 4 rings (SSSR count). The van der Waals surface area contributed by atoms with Crippen LogP contribution in [0.1, 0.15) is 34.6 Å². The van der Waals surface area contributed by atoms with E-state index in [1.165, 1.54) is 13.2 Å². The summed E-state index contributed by atoms with van der Waals surface area (Å²) in [5.41, 5.74) is 6.93. The molecule has 0 aliphatic rings. The van der Waals surface area contributed by atoms with Crippen LogP contribution in [0.4, 0.5) is 0 Å². The number of hydrogen-bond donors (Lipinski definition) is 2. The van der Waals surface area contributed by atoms with Crippen molar-refractivity contribution in [1.29, 1.82) is 0 Å². The molecule has 0 aliphatic carbocycles. The highest BCUT2D eigenvalue weighted by Crippen LogP contribution is 2.37. The van der Waals surface area contributed by atoms with Crippen LogP contribution in [0.15, 0.2) is 36.4 Å². The van der Waals surface area contributed by atoms with E-state index >= 15 is 0 Å². The van der Waals surface area contributed by atoms with Crippen molar-refractivity contribution >= 4 is 44.7 Å². The van der Waals surface area contributed by atoms with Gasteiger partial charge in [-0.3, -0.25) is 4.79 Å². The van der Waals surface area contributed by atoms with E-state index in [1.54, 1.807) is 44.2 Å². The van der Waals surface area contributed by atoms with Crippen LogP contribution < -0.4 is 10.5 Å². The number of primary amides is 1. The molecule has 0 unspecified atom stereocenters. The SMILES string of the molecule is COc1cc2nc3c(nc2cc1C(=O)OC(C)C)c(C(N)=O)c(O)c1ccccc13. The normalized spacial score (nSPS) is 11.3. The predicted octanol–water partition coefficient (Wildman–Crippen LogP) is 3.31.